The lowest BCUT2D eigenvalue weighted by atomic mass is 10.1. The number of carbonyl (C=O) groups is 2. The third-order valence-electron chi connectivity index (χ3n) is 4.08. The minimum atomic E-state index is -2.74. The number of hydrogen-bond acceptors (Lipinski definition) is 5. The van der Waals surface area contributed by atoms with Crippen LogP contribution in [0.1, 0.15) is 34.3 Å². The Morgan fingerprint density at radius 1 is 1.43 bits per heavy atom. The number of primary amides is 1. The van der Waals surface area contributed by atoms with E-state index in [4.69, 9.17) is 5.73 Å². The number of thiophene rings is 1. The first kappa shape index (κ1) is 20.3. The van der Waals surface area contributed by atoms with Gasteiger partial charge in [0.25, 0.3) is 12.3 Å². The molecule has 3 heterocycles. The van der Waals surface area contributed by atoms with Gasteiger partial charge >= 0.3 is 0 Å². The summed E-state index contributed by atoms with van der Waals surface area (Å²) < 4.78 is 28.5. The molecule has 0 radical (unpaired) electrons. The summed E-state index contributed by atoms with van der Waals surface area (Å²) in [5.74, 6) is -1.60. The lowest BCUT2D eigenvalue weighted by Gasteiger charge is -2.13. The number of halogens is 3. The second-order valence-electron chi connectivity index (χ2n) is 6.29. The summed E-state index contributed by atoms with van der Waals surface area (Å²) in [5, 5.41) is 7.27. The van der Waals surface area contributed by atoms with Gasteiger partial charge in [0.1, 0.15) is 15.4 Å². The van der Waals surface area contributed by atoms with Crippen LogP contribution in [0.4, 0.5) is 14.5 Å². The lowest BCUT2D eigenvalue weighted by molar-refractivity contribution is -0.119. The van der Waals surface area contributed by atoms with Gasteiger partial charge in [0, 0.05) is 11.6 Å². The van der Waals surface area contributed by atoms with E-state index in [9.17, 15) is 18.4 Å². The topological polar surface area (TPSA) is 103 Å². The zero-order valence-corrected chi connectivity index (χ0v) is 17.3. The zero-order valence-electron chi connectivity index (χ0n) is 14.9. The number of anilines is 1. The molecule has 0 aliphatic rings. The van der Waals surface area contributed by atoms with Gasteiger partial charge in [-0.2, -0.15) is 5.10 Å². The largest absolute Gasteiger partial charge is 0.365 e. The van der Waals surface area contributed by atoms with Crippen molar-refractivity contribution >= 4 is 55.0 Å². The van der Waals surface area contributed by atoms with E-state index in [0.29, 0.717) is 17.5 Å². The molecule has 7 nitrogen and oxygen atoms in total. The molecule has 2 amide bonds. The van der Waals surface area contributed by atoms with Gasteiger partial charge in [-0.05, 0) is 34.5 Å². The lowest BCUT2D eigenvalue weighted by Crippen LogP contribution is -2.25. The molecule has 3 aromatic heterocycles. The van der Waals surface area contributed by atoms with Crippen LogP contribution >= 0.6 is 27.3 Å². The average Bonchev–Trinajstić information content (AvgIpc) is 3.18. The van der Waals surface area contributed by atoms with Gasteiger partial charge in [-0.1, -0.05) is 6.92 Å². The predicted molar refractivity (Wildman–Crippen MR) is 106 cm³/mol. The summed E-state index contributed by atoms with van der Waals surface area (Å²) in [4.78, 5) is 28.7. The number of amides is 2. The van der Waals surface area contributed by atoms with Crippen LogP contribution in [0.3, 0.4) is 0 Å². The summed E-state index contributed by atoms with van der Waals surface area (Å²) in [6.45, 7) is 3.65. The van der Waals surface area contributed by atoms with E-state index in [1.54, 1.807) is 30.9 Å². The van der Waals surface area contributed by atoms with E-state index < -0.39 is 23.9 Å². The number of carbonyl (C=O) groups excluding carboxylic acids is 2. The molecule has 3 N–H and O–H groups in total. The molecule has 1 unspecified atom stereocenters. The third-order valence-corrected chi connectivity index (χ3v) is 5.59. The van der Waals surface area contributed by atoms with E-state index in [1.807, 2.05) is 0 Å². The number of pyridine rings is 1. The van der Waals surface area contributed by atoms with Crippen molar-refractivity contribution in [3.8, 4) is 0 Å². The highest BCUT2D eigenvalue weighted by molar-refractivity contribution is 9.10. The molecule has 148 valence electrons. The number of fused-ring (bicyclic) bond motifs is 1. The van der Waals surface area contributed by atoms with Gasteiger partial charge in [0.05, 0.1) is 28.8 Å². The predicted octanol–water partition coefficient (Wildman–Crippen LogP) is 3.88. The Morgan fingerprint density at radius 3 is 2.71 bits per heavy atom. The van der Waals surface area contributed by atoms with E-state index >= 15 is 0 Å². The molecule has 11 heteroatoms. The van der Waals surface area contributed by atoms with Crippen molar-refractivity contribution in [3.63, 3.8) is 0 Å². The van der Waals surface area contributed by atoms with Crippen molar-refractivity contribution in [1.29, 1.82) is 0 Å². The molecule has 0 aliphatic carbocycles. The van der Waals surface area contributed by atoms with Crippen LogP contribution in [0, 0.1) is 12.8 Å². The molecule has 1 atom stereocenters. The molecular weight excluding hydrogens is 456 g/mol. The van der Waals surface area contributed by atoms with Crippen molar-refractivity contribution in [2.75, 3.05) is 5.32 Å². The maximum Gasteiger partial charge on any atom is 0.280 e. The molecule has 28 heavy (non-hydrogen) atoms. The number of hydrogen-bond donors (Lipinski definition) is 2. The van der Waals surface area contributed by atoms with Crippen LogP contribution in [0.2, 0.25) is 0 Å². The fourth-order valence-corrected chi connectivity index (χ4v) is 4.15. The number of nitrogens with two attached hydrogens (primary N) is 1. The number of aromatic nitrogens is 3. The van der Waals surface area contributed by atoms with Crippen LogP contribution in [0.25, 0.3) is 10.2 Å². The second-order valence-corrected chi connectivity index (χ2v) is 8.20. The molecule has 3 rings (SSSR count). The second kappa shape index (κ2) is 7.92. The molecule has 0 fully saturated rings. The van der Waals surface area contributed by atoms with Crippen molar-refractivity contribution in [2.45, 2.75) is 26.8 Å². The average molecular weight is 472 g/mol. The van der Waals surface area contributed by atoms with Gasteiger partial charge in [0.2, 0.25) is 5.91 Å². The molecular formula is C17H16BrF2N5O2S. The molecule has 0 aliphatic heterocycles. The van der Waals surface area contributed by atoms with Crippen molar-refractivity contribution in [2.24, 2.45) is 11.7 Å². The Balaban J connectivity index is 1.95. The fourth-order valence-electron chi connectivity index (χ4n) is 2.76. The van der Waals surface area contributed by atoms with E-state index in [1.165, 1.54) is 6.07 Å². The quantitative estimate of drug-likeness (QED) is 0.569. The molecule has 0 bridgehead atoms. The smallest absolute Gasteiger partial charge is 0.280 e. The summed E-state index contributed by atoms with van der Waals surface area (Å²) in [6.07, 6.45) is 0.602. The number of alkyl halides is 2. The monoisotopic (exact) mass is 471 g/mol. The number of nitrogens with zero attached hydrogens (tertiary/aromatic N) is 3. The number of aryl methyl sites for hydroxylation is 1. The van der Waals surface area contributed by atoms with Crippen molar-refractivity contribution in [1.82, 2.24) is 14.8 Å². The van der Waals surface area contributed by atoms with Crippen molar-refractivity contribution in [3.05, 3.63) is 39.1 Å². The standard InChI is InChI=1S/C17H16BrF2N5O2S/c1-7-3-10(14(19)20)23-17-11(7)12(13(28-17)15(21)26)24-16(27)8(2)5-25-6-9(18)4-22-25/h3-4,6,8,14H,5H2,1-2H3,(H2,21,26)(H,24,27). The summed E-state index contributed by atoms with van der Waals surface area (Å²) in [6, 6.07) is 1.24. The van der Waals surface area contributed by atoms with Crippen LogP contribution in [-0.4, -0.2) is 26.6 Å². The maximum absolute atomic E-state index is 13.0. The molecule has 0 aromatic carbocycles. The Morgan fingerprint density at radius 2 is 2.14 bits per heavy atom. The van der Waals surface area contributed by atoms with E-state index in [0.717, 1.165) is 15.8 Å². The normalized spacial score (nSPS) is 12.5. The zero-order chi connectivity index (χ0) is 20.6. The molecule has 0 saturated heterocycles. The van der Waals surface area contributed by atoms with Crippen LogP contribution < -0.4 is 11.1 Å². The van der Waals surface area contributed by atoms with Gasteiger partial charge < -0.3 is 11.1 Å². The Hall–Kier alpha value is -2.40. The first-order valence-corrected chi connectivity index (χ1v) is 9.79. The summed E-state index contributed by atoms with van der Waals surface area (Å²) in [7, 11) is 0. The fraction of sp³-hybridized carbons (Fsp3) is 0.294. The Bertz CT molecular complexity index is 1070. The molecule has 0 saturated carbocycles. The highest BCUT2D eigenvalue weighted by Crippen LogP contribution is 2.38. The highest BCUT2D eigenvalue weighted by atomic mass is 79.9. The minimum Gasteiger partial charge on any atom is -0.365 e. The van der Waals surface area contributed by atoms with E-state index in [2.05, 4.69) is 31.3 Å². The summed E-state index contributed by atoms with van der Waals surface area (Å²) >= 11 is 4.17. The van der Waals surface area contributed by atoms with Gasteiger partial charge in [-0.15, -0.1) is 11.3 Å². The van der Waals surface area contributed by atoms with E-state index in [-0.39, 0.29) is 21.3 Å². The first-order valence-electron chi connectivity index (χ1n) is 8.18. The van der Waals surface area contributed by atoms with Gasteiger partial charge in [0.15, 0.2) is 0 Å². The molecule has 0 spiro atoms. The van der Waals surface area contributed by atoms with Crippen molar-refractivity contribution < 1.29 is 18.4 Å². The maximum atomic E-state index is 13.0. The third kappa shape index (κ3) is 4.04. The van der Waals surface area contributed by atoms with Crippen LogP contribution in [0.5, 0.6) is 0 Å². The highest BCUT2D eigenvalue weighted by Gasteiger charge is 2.24. The number of nitrogens with one attached hydrogen (secondary N) is 1. The first-order chi connectivity index (χ1) is 13.2. The number of rotatable bonds is 6. The Kier molecular flexibility index (Phi) is 5.75. The molecule has 3 aromatic rings. The van der Waals surface area contributed by atoms with Gasteiger partial charge in [-0.3, -0.25) is 14.3 Å². The van der Waals surface area contributed by atoms with Crippen LogP contribution in [-0.2, 0) is 11.3 Å². The van der Waals surface area contributed by atoms with Gasteiger partial charge in [-0.25, -0.2) is 13.8 Å². The van der Waals surface area contributed by atoms with Crippen LogP contribution in [0.15, 0.2) is 22.9 Å². The minimum absolute atomic E-state index is 0.0689. The summed E-state index contributed by atoms with van der Waals surface area (Å²) in [5.41, 5.74) is 5.72. The Labute approximate surface area is 171 Å². The SMILES string of the molecule is Cc1cc(C(F)F)nc2sc(C(N)=O)c(NC(=O)C(C)Cn3cc(Br)cn3)c12.